The van der Waals surface area contributed by atoms with Gasteiger partial charge in [0.05, 0.1) is 11.6 Å². The van der Waals surface area contributed by atoms with E-state index in [0.29, 0.717) is 29.6 Å². The molecule has 2 saturated heterocycles. The standard InChI is InChI=1S/C19H25FN4O/c1-14-11-22(12-17-4-3-16(10-21)9-18(17)20)13-19(14)24-7-5-23(6-8-24)15(2)25/h3-4,9,14,19H,5-8,11-13H2,1-2H3. The van der Waals surface area contributed by atoms with Gasteiger partial charge in [-0.1, -0.05) is 13.0 Å². The van der Waals surface area contributed by atoms with Gasteiger partial charge >= 0.3 is 0 Å². The first-order valence-corrected chi connectivity index (χ1v) is 8.88. The summed E-state index contributed by atoms with van der Waals surface area (Å²) in [5.41, 5.74) is 1.01. The van der Waals surface area contributed by atoms with Crippen LogP contribution in [0.4, 0.5) is 4.39 Å². The number of nitriles is 1. The fourth-order valence-corrected chi connectivity index (χ4v) is 4.01. The van der Waals surface area contributed by atoms with Crippen LogP contribution in [0.1, 0.15) is 25.0 Å². The monoisotopic (exact) mass is 344 g/mol. The molecule has 0 spiro atoms. The Hall–Kier alpha value is -1.97. The van der Waals surface area contributed by atoms with E-state index in [1.54, 1.807) is 19.1 Å². The second kappa shape index (κ2) is 7.51. The average molecular weight is 344 g/mol. The zero-order valence-electron chi connectivity index (χ0n) is 14.9. The van der Waals surface area contributed by atoms with Crippen molar-refractivity contribution in [2.24, 2.45) is 5.92 Å². The average Bonchev–Trinajstić information content (AvgIpc) is 2.97. The molecular weight excluding hydrogens is 319 g/mol. The first kappa shape index (κ1) is 17.8. The highest BCUT2D eigenvalue weighted by atomic mass is 19.1. The van der Waals surface area contributed by atoms with E-state index in [1.807, 2.05) is 11.0 Å². The molecule has 0 N–H and O–H groups in total. The van der Waals surface area contributed by atoms with Crippen LogP contribution in [0.5, 0.6) is 0 Å². The van der Waals surface area contributed by atoms with Crippen LogP contribution in [0, 0.1) is 23.1 Å². The summed E-state index contributed by atoms with van der Waals surface area (Å²) in [7, 11) is 0. The lowest BCUT2D eigenvalue weighted by molar-refractivity contribution is -0.130. The maximum absolute atomic E-state index is 14.1. The molecule has 0 bridgehead atoms. The zero-order chi connectivity index (χ0) is 18.0. The van der Waals surface area contributed by atoms with E-state index in [1.165, 1.54) is 6.07 Å². The molecule has 0 radical (unpaired) electrons. The second-order valence-corrected chi connectivity index (χ2v) is 7.20. The molecular formula is C19H25FN4O. The minimum atomic E-state index is -0.301. The van der Waals surface area contributed by atoms with Crippen LogP contribution >= 0.6 is 0 Å². The summed E-state index contributed by atoms with van der Waals surface area (Å²) in [5.74, 6) is 0.368. The third-order valence-electron chi connectivity index (χ3n) is 5.45. The van der Waals surface area contributed by atoms with E-state index in [-0.39, 0.29) is 11.7 Å². The van der Waals surface area contributed by atoms with E-state index < -0.39 is 0 Å². The molecule has 0 aliphatic carbocycles. The van der Waals surface area contributed by atoms with Crippen molar-refractivity contribution >= 4 is 5.91 Å². The minimum absolute atomic E-state index is 0.150. The molecule has 6 heteroatoms. The van der Waals surface area contributed by atoms with Crippen LogP contribution in [0.3, 0.4) is 0 Å². The van der Waals surface area contributed by atoms with Crippen LogP contribution in [-0.2, 0) is 11.3 Å². The number of hydrogen-bond acceptors (Lipinski definition) is 4. The molecule has 2 unspecified atom stereocenters. The number of rotatable bonds is 3. The van der Waals surface area contributed by atoms with Crippen LogP contribution < -0.4 is 0 Å². The van der Waals surface area contributed by atoms with Crippen molar-refractivity contribution in [1.29, 1.82) is 5.26 Å². The Kier molecular flexibility index (Phi) is 5.36. The first-order valence-electron chi connectivity index (χ1n) is 8.88. The number of likely N-dealkylation sites (tertiary alicyclic amines) is 1. The van der Waals surface area contributed by atoms with Crippen molar-refractivity contribution < 1.29 is 9.18 Å². The Morgan fingerprint density at radius 1 is 1.28 bits per heavy atom. The predicted molar refractivity (Wildman–Crippen MR) is 93.2 cm³/mol. The number of nitrogens with zero attached hydrogens (tertiary/aromatic N) is 4. The van der Waals surface area contributed by atoms with Gasteiger partial charge < -0.3 is 4.90 Å². The summed E-state index contributed by atoms with van der Waals surface area (Å²) in [6.45, 7) is 9.72. The largest absolute Gasteiger partial charge is 0.340 e. The summed E-state index contributed by atoms with van der Waals surface area (Å²) in [6, 6.07) is 7.13. The van der Waals surface area contributed by atoms with Gasteiger partial charge in [0, 0.05) is 64.3 Å². The van der Waals surface area contributed by atoms with Gasteiger partial charge in [0.2, 0.25) is 5.91 Å². The molecule has 0 aromatic heterocycles. The van der Waals surface area contributed by atoms with Crippen molar-refractivity contribution in [2.75, 3.05) is 39.3 Å². The molecule has 2 fully saturated rings. The van der Waals surface area contributed by atoms with Gasteiger partial charge in [-0.3, -0.25) is 14.6 Å². The van der Waals surface area contributed by atoms with Gasteiger partial charge in [0.25, 0.3) is 0 Å². The van der Waals surface area contributed by atoms with Crippen LogP contribution in [0.2, 0.25) is 0 Å². The van der Waals surface area contributed by atoms with E-state index in [0.717, 1.165) is 39.3 Å². The number of hydrogen-bond donors (Lipinski definition) is 0. The summed E-state index contributed by atoms with van der Waals surface area (Å²) in [6.07, 6.45) is 0. The Labute approximate surface area is 148 Å². The lowest BCUT2D eigenvalue weighted by Crippen LogP contribution is -2.53. The second-order valence-electron chi connectivity index (χ2n) is 7.20. The lowest BCUT2D eigenvalue weighted by Gasteiger charge is -2.39. The Bertz CT molecular complexity index is 678. The van der Waals surface area contributed by atoms with Crippen molar-refractivity contribution in [1.82, 2.24) is 14.7 Å². The molecule has 3 rings (SSSR count). The number of carbonyl (C=O) groups excluding carboxylic acids is 1. The smallest absolute Gasteiger partial charge is 0.219 e. The van der Waals surface area contributed by atoms with E-state index in [4.69, 9.17) is 5.26 Å². The summed E-state index contributed by atoms with van der Waals surface area (Å²) >= 11 is 0. The first-order chi connectivity index (χ1) is 12.0. The van der Waals surface area contributed by atoms with Crippen molar-refractivity contribution in [3.63, 3.8) is 0 Å². The number of amides is 1. The Morgan fingerprint density at radius 2 is 2.00 bits per heavy atom. The fraction of sp³-hybridized carbons (Fsp3) is 0.579. The van der Waals surface area contributed by atoms with Gasteiger partial charge in [0.1, 0.15) is 5.82 Å². The molecule has 2 heterocycles. The number of carbonyl (C=O) groups is 1. The van der Waals surface area contributed by atoms with Crippen molar-refractivity contribution in [3.05, 3.63) is 35.1 Å². The number of halogens is 1. The third-order valence-corrected chi connectivity index (χ3v) is 5.45. The SMILES string of the molecule is CC(=O)N1CCN(C2CN(Cc3ccc(C#N)cc3F)CC2C)CC1. The third kappa shape index (κ3) is 4.00. The zero-order valence-corrected chi connectivity index (χ0v) is 14.9. The Balaban J connectivity index is 1.59. The molecule has 2 atom stereocenters. The fourth-order valence-electron chi connectivity index (χ4n) is 4.01. The molecule has 1 aromatic rings. The van der Waals surface area contributed by atoms with Crippen LogP contribution in [-0.4, -0.2) is 65.9 Å². The lowest BCUT2D eigenvalue weighted by atomic mass is 10.0. The molecule has 2 aliphatic heterocycles. The Morgan fingerprint density at radius 3 is 2.60 bits per heavy atom. The molecule has 1 aromatic carbocycles. The van der Waals surface area contributed by atoms with E-state index in [9.17, 15) is 9.18 Å². The maximum Gasteiger partial charge on any atom is 0.219 e. The van der Waals surface area contributed by atoms with Gasteiger partial charge in [0.15, 0.2) is 0 Å². The quantitative estimate of drug-likeness (QED) is 0.837. The highest BCUT2D eigenvalue weighted by molar-refractivity contribution is 5.73. The van der Waals surface area contributed by atoms with Gasteiger partial charge in [-0.2, -0.15) is 5.26 Å². The topological polar surface area (TPSA) is 50.6 Å². The van der Waals surface area contributed by atoms with E-state index in [2.05, 4.69) is 16.7 Å². The molecule has 1 amide bonds. The molecule has 25 heavy (non-hydrogen) atoms. The number of piperazine rings is 1. The normalized spacial score (nSPS) is 25.1. The van der Waals surface area contributed by atoms with Crippen molar-refractivity contribution in [2.45, 2.75) is 26.4 Å². The molecule has 5 nitrogen and oxygen atoms in total. The highest BCUT2D eigenvalue weighted by Crippen LogP contribution is 2.25. The van der Waals surface area contributed by atoms with Gasteiger partial charge in [-0.25, -0.2) is 4.39 Å². The van der Waals surface area contributed by atoms with Crippen molar-refractivity contribution in [3.8, 4) is 6.07 Å². The predicted octanol–water partition coefficient (Wildman–Crippen LogP) is 1.68. The highest BCUT2D eigenvalue weighted by Gasteiger charge is 2.35. The van der Waals surface area contributed by atoms with Crippen LogP contribution in [0.15, 0.2) is 18.2 Å². The number of benzene rings is 1. The van der Waals surface area contributed by atoms with Crippen LogP contribution in [0.25, 0.3) is 0 Å². The van der Waals surface area contributed by atoms with Gasteiger partial charge in [-0.05, 0) is 18.1 Å². The molecule has 134 valence electrons. The van der Waals surface area contributed by atoms with Gasteiger partial charge in [-0.15, -0.1) is 0 Å². The molecule has 0 saturated carbocycles. The minimum Gasteiger partial charge on any atom is -0.340 e. The summed E-state index contributed by atoms with van der Waals surface area (Å²) in [5, 5.41) is 8.85. The maximum atomic E-state index is 14.1. The summed E-state index contributed by atoms with van der Waals surface area (Å²) in [4.78, 5) is 18.1. The molecule has 2 aliphatic rings. The van der Waals surface area contributed by atoms with E-state index >= 15 is 0 Å². The summed E-state index contributed by atoms with van der Waals surface area (Å²) < 4.78 is 14.1.